The summed E-state index contributed by atoms with van der Waals surface area (Å²) in [7, 11) is 3.40. The number of benzene rings is 1. The Morgan fingerprint density at radius 2 is 1.89 bits per heavy atom. The maximum atomic E-state index is 5.50. The molecule has 0 spiro atoms. The van der Waals surface area contributed by atoms with Crippen LogP contribution >= 0.6 is 0 Å². The summed E-state index contributed by atoms with van der Waals surface area (Å²) in [6.45, 7) is 5.17. The number of hydrogen-bond acceptors (Lipinski definition) is 4. The number of hydrogen-bond donors (Lipinski definition) is 1. The molecule has 0 aliphatic rings. The van der Waals surface area contributed by atoms with Crippen molar-refractivity contribution in [2.24, 2.45) is 0 Å². The van der Waals surface area contributed by atoms with Crippen LogP contribution in [0.2, 0.25) is 0 Å². The summed E-state index contributed by atoms with van der Waals surface area (Å²) in [4.78, 5) is 0. The van der Waals surface area contributed by atoms with Gasteiger partial charge in [-0.05, 0) is 19.4 Å². The molecule has 0 saturated heterocycles. The smallest absolute Gasteiger partial charge is 0.123 e. The molecule has 0 aliphatic carbocycles. The Morgan fingerprint density at radius 3 is 2.63 bits per heavy atom. The second-order valence-corrected chi connectivity index (χ2v) is 4.38. The molecule has 0 aromatic heterocycles. The van der Waals surface area contributed by atoms with Gasteiger partial charge in [0.05, 0.1) is 13.7 Å². The van der Waals surface area contributed by atoms with Crippen molar-refractivity contribution in [3.05, 3.63) is 29.8 Å². The minimum absolute atomic E-state index is 0.249. The molecule has 0 radical (unpaired) electrons. The highest BCUT2D eigenvalue weighted by Gasteiger charge is 2.09. The van der Waals surface area contributed by atoms with Gasteiger partial charge in [0.1, 0.15) is 5.75 Å². The van der Waals surface area contributed by atoms with E-state index < -0.39 is 0 Å². The van der Waals surface area contributed by atoms with Crippen molar-refractivity contribution in [1.82, 2.24) is 5.32 Å². The van der Waals surface area contributed by atoms with Crippen LogP contribution < -0.4 is 10.1 Å². The SMILES string of the molecule is COCCCOCCN[C@@H](C)c1ccccc1OC. The second-order valence-electron chi connectivity index (χ2n) is 4.38. The van der Waals surface area contributed by atoms with Crippen molar-refractivity contribution in [2.45, 2.75) is 19.4 Å². The maximum absolute atomic E-state index is 5.50. The van der Waals surface area contributed by atoms with E-state index in [-0.39, 0.29) is 6.04 Å². The average molecular weight is 267 g/mol. The topological polar surface area (TPSA) is 39.7 Å². The largest absolute Gasteiger partial charge is 0.496 e. The molecule has 0 unspecified atom stereocenters. The summed E-state index contributed by atoms with van der Waals surface area (Å²) < 4.78 is 15.8. The Hall–Kier alpha value is -1.10. The first-order chi connectivity index (χ1) is 9.29. The van der Waals surface area contributed by atoms with Crippen LogP contribution in [0, 0.1) is 0 Å². The van der Waals surface area contributed by atoms with Gasteiger partial charge in [-0.3, -0.25) is 0 Å². The molecule has 1 atom stereocenters. The normalized spacial score (nSPS) is 12.4. The number of ether oxygens (including phenoxy) is 3. The highest BCUT2D eigenvalue weighted by atomic mass is 16.5. The van der Waals surface area contributed by atoms with Gasteiger partial charge in [0.15, 0.2) is 0 Å². The third-order valence-corrected chi connectivity index (χ3v) is 2.94. The van der Waals surface area contributed by atoms with Crippen LogP contribution in [-0.4, -0.2) is 40.6 Å². The van der Waals surface area contributed by atoms with Gasteiger partial charge in [0, 0.05) is 38.5 Å². The molecule has 4 heteroatoms. The van der Waals surface area contributed by atoms with Gasteiger partial charge in [-0.15, -0.1) is 0 Å². The van der Waals surface area contributed by atoms with E-state index in [9.17, 15) is 0 Å². The lowest BCUT2D eigenvalue weighted by molar-refractivity contribution is 0.103. The van der Waals surface area contributed by atoms with Crippen molar-refractivity contribution < 1.29 is 14.2 Å². The Morgan fingerprint density at radius 1 is 1.11 bits per heavy atom. The molecule has 0 heterocycles. The lowest BCUT2D eigenvalue weighted by Gasteiger charge is -2.17. The van der Waals surface area contributed by atoms with E-state index >= 15 is 0 Å². The average Bonchev–Trinajstić information content (AvgIpc) is 2.46. The summed E-state index contributed by atoms with van der Waals surface area (Å²) in [5.41, 5.74) is 1.17. The molecule has 108 valence electrons. The molecule has 1 rings (SSSR count). The zero-order valence-electron chi connectivity index (χ0n) is 12.1. The summed E-state index contributed by atoms with van der Waals surface area (Å²) in [6.07, 6.45) is 0.943. The van der Waals surface area contributed by atoms with Gasteiger partial charge in [-0.1, -0.05) is 18.2 Å². The van der Waals surface area contributed by atoms with Gasteiger partial charge < -0.3 is 19.5 Å². The fourth-order valence-corrected chi connectivity index (χ4v) is 1.89. The van der Waals surface area contributed by atoms with Gasteiger partial charge in [-0.2, -0.15) is 0 Å². The third-order valence-electron chi connectivity index (χ3n) is 2.94. The summed E-state index contributed by atoms with van der Waals surface area (Å²) in [5, 5.41) is 3.43. The molecule has 1 aromatic rings. The first-order valence-electron chi connectivity index (χ1n) is 6.72. The summed E-state index contributed by atoms with van der Waals surface area (Å²) >= 11 is 0. The molecule has 1 N–H and O–H groups in total. The van der Waals surface area contributed by atoms with Crippen LogP contribution in [0.1, 0.15) is 24.9 Å². The third kappa shape index (κ3) is 6.05. The number of methoxy groups -OCH3 is 2. The van der Waals surface area contributed by atoms with Crippen molar-refractivity contribution in [1.29, 1.82) is 0 Å². The van der Waals surface area contributed by atoms with Gasteiger partial charge in [-0.25, -0.2) is 0 Å². The van der Waals surface area contributed by atoms with E-state index in [4.69, 9.17) is 14.2 Å². The van der Waals surface area contributed by atoms with E-state index in [0.717, 1.165) is 31.9 Å². The molecule has 0 aliphatic heterocycles. The molecule has 1 aromatic carbocycles. The summed E-state index contributed by atoms with van der Waals surface area (Å²) in [5.74, 6) is 0.920. The first kappa shape index (κ1) is 16.0. The highest BCUT2D eigenvalue weighted by Crippen LogP contribution is 2.23. The van der Waals surface area contributed by atoms with Crippen LogP contribution in [0.3, 0.4) is 0 Å². The molecule has 0 saturated carbocycles. The fraction of sp³-hybridized carbons (Fsp3) is 0.600. The van der Waals surface area contributed by atoms with Crippen LogP contribution in [0.15, 0.2) is 24.3 Å². The molecule has 0 bridgehead atoms. The molecule has 19 heavy (non-hydrogen) atoms. The van der Waals surface area contributed by atoms with Crippen LogP contribution in [0.4, 0.5) is 0 Å². The predicted molar refractivity (Wildman–Crippen MR) is 76.7 cm³/mol. The summed E-state index contributed by atoms with van der Waals surface area (Å²) in [6, 6.07) is 8.31. The van der Waals surface area contributed by atoms with Gasteiger partial charge in [0.25, 0.3) is 0 Å². The Labute approximate surface area is 116 Å². The van der Waals surface area contributed by atoms with Gasteiger partial charge in [0.2, 0.25) is 0 Å². The van der Waals surface area contributed by atoms with Crippen molar-refractivity contribution >= 4 is 0 Å². The molecule has 4 nitrogen and oxygen atoms in total. The predicted octanol–water partition coefficient (Wildman–Crippen LogP) is 2.40. The quantitative estimate of drug-likeness (QED) is 0.661. The highest BCUT2D eigenvalue weighted by molar-refractivity contribution is 5.35. The van der Waals surface area contributed by atoms with Crippen molar-refractivity contribution in [3.63, 3.8) is 0 Å². The van der Waals surface area contributed by atoms with E-state index in [2.05, 4.69) is 18.3 Å². The molecule has 0 fully saturated rings. The zero-order valence-corrected chi connectivity index (χ0v) is 12.1. The van der Waals surface area contributed by atoms with Crippen LogP contribution in [0.5, 0.6) is 5.75 Å². The van der Waals surface area contributed by atoms with Crippen LogP contribution in [-0.2, 0) is 9.47 Å². The van der Waals surface area contributed by atoms with Crippen molar-refractivity contribution in [3.8, 4) is 5.75 Å². The Bertz CT molecular complexity index is 344. The van der Waals surface area contributed by atoms with E-state index in [1.165, 1.54) is 5.56 Å². The zero-order chi connectivity index (χ0) is 13.9. The lowest BCUT2D eigenvalue weighted by atomic mass is 10.1. The van der Waals surface area contributed by atoms with Crippen molar-refractivity contribution in [2.75, 3.05) is 40.6 Å². The van der Waals surface area contributed by atoms with Crippen LogP contribution in [0.25, 0.3) is 0 Å². The van der Waals surface area contributed by atoms with E-state index in [1.54, 1.807) is 14.2 Å². The number of rotatable bonds is 10. The standard InChI is InChI=1S/C15H25NO3/c1-13(14-7-4-5-8-15(14)18-3)16-9-12-19-11-6-10-17-2/h4-5,7-8,13,16H,6,9-12H2,1-3H3/t13-/m0/s1. The monoisotopic (exact) mass is 267 g/mol. The van der Waals surface area contributed by atoms with E-state index in [0.29, 0.717) is 6.61 Å². The maximum Gasteiger partial charge on any atom is 0.123 e. The Kier molecular flexibility index (Phi) is 8.21. The molecular weight excluding hydrogens is 242 g/mol. The lowest BCUT2D eigenvalue weighted by Crippen LogP contribution is -2.24. The number of para-hydroxylation sites is 1. The number of nitrogens with one attached hydrogen (secondary N) is 1. The van der Waals surface area contributed by atoms with E-state index in [1.807, 2.05) is 18.2 Å². The van der Waals surface area contributed by atoms with Gasteiger partial charge >= 0.3 is 0 Å². The minimum atomic E-state index is 0.249. The fourth-order valence-electron chi connectivity index (χ4n) is 1.89. The molecule has 0 amide bonds. The first-order valence-corrected chi connectivity index (χ1v) is 6.72. The second kappa shape index (κ2) is 9.78. The minimum Gasteiger partial charge on any atom is -0.496 e. The molecular formula is C15H25NO3. The Balaban J connectivity index is 2.22.